The fraction of sp³-hybridized carbons (Fsp3) is 0.125. The summed E-state index contributed by atoms with van der Waals surface area (Å²) in [5.74, 6) is 2.29. The maximum absolute atomic E-state index is 5.83. The number of hydrogen-bond acceptors (Lipinski definition) is 4. The second-order valence-corrected chi connectivity index (χ2v) is 5.96. The Bertz CT molecular complexity index is 716. The SMILES string of the molecule is Clc1ccc(OCc2nc(SCc3ccccc3)n[nH]2)cc1. The molecular weight excluding hydrogens is 318 g/mol. The molecule has 112 valence electrons. The molecule has 3 aromatic rings. The molecule has 0 amide bonds. The van der Waals surface area contributed by atoms with Crippen LogP contribution in [0.25, 0.3) is 0 Å². The van der Waals surface area contributed by atoms with E-state index in [9.17, 15) is 0 Å². The molecule has 0 bridgehead atoms. The Kier molecular flexibility index (Phi) is 4.98. The van der Waals surface area contributed by atoms with Gasteiger partial charge in [-0.05, 0) is 29.8 Å². The zero-order chi connectivity index (χ0) is 15.2. The Morgan fingerprint density at radius 1 is 1.05 bits per heavy atom. The molecule has 0 atom stereocenters. The lowest BCUT2D eigenvalue weighted by molar-refractivity contribution is 0.296. The first-order valence-corrected chi connectivity index (χ1v) is 8.12. The molecule has 22 heavy (non-hydrogen) atoms. The van der Waals surface area contributed by atoms with Gasteiger partial charge in [-0.15, -0.1) is 5.10 Å². The van der Waals surface area contributed by atoms with Crippen molar-refractivity contribution in [2.24, 2.45) is 0 Å². The zero-order valence-corrected chi connectivity index (χ0v) is 13.3. The van der Waals surface area contributed by atoms with Gasteiger partial charge >= 0.3 is 0 Å². The summed E-state index contributed by atoms with van der Waals surface area (Å²) in [4.78, 5) is 4.40. The molecule has 3 rings (SSSR count). The lowest BCUT2D eigenvalue weighted by atomic mass is 10.2. The van der Waals surface area contributed by atoms with Crippen molar-refractivity contribution < 1.29 is 4.74 Å². The topological polar surface area (TPSA) is 50.8 Å². The first-order valence-electron chi connectivity index (χ1n) is 6.76. The number of nitrogens with one attached hydrogen (secondary N) is 1. The second-order valence-electron chi connectivity index (χ2n) is 4.58. The Morgan fingerprint density at radius 2 is 1.82 bits per heavy atom. The number of nitrogens with zero attached hydrogens (tertiary/aromatic N) is 2. The van der Waals surface area contributed by atoms with Crippen LogP contribution in [-0.2, 0) is 12.4 Å². The number of H-pyrrole nitrogens is 1. The van der Waals surface area contributed by atoms with E-state index in [2.05, 4.69) is 27.3 Å². The van der Waals surface area contributed by atoms with Crippen LogP contribution in [-0.4, -0.2) is 15.2 Å². The van der Waals surface area contributed by atoms with Crippen molar-refractivity contribution in [3.05, 3.63) is 71.0 Å². The summed E-state index contributed by atoms with van der Waals surface area (Å²) in [6.45, 7) is 0.348. The van der Waals surface area contributed by atoms with E-state index in [1.807, 2.05) is 30.3 Å². The van der Waals surface area contributed by atoms with Crippen molar-refractivity contribution in [3.8, 4) is 5.75 Å². The predicted octanol–water partition coefficient (Wildman–Crippen LogP) is 4.33. The van der Waals surface area contributed by atoms with E-state index in [-0.39, 0.29) is 0 Å². The molecular formula is C16H14ClN3OS. The van der Waals surface area contributed by atoms with Gasteiger partial charge in [0.1, 0.15) is 12.4 Å². The average molecular weight is 332 g/mol. The number of ether oxygens (including phenoxy) is 1. The van der Waals surface area contributed by atoms with E-state index in [0.717, 1.165) is 16.7 Å². The summed E-state index contributed by atoms with van der Waals surface area (Å²) in [7, 11) is 0. The molecule has 0 radical (unpaired) electrons. The molecule has 0 spiro atoms. The molecule has 1 heterocycles. The summed E-state index contributed by atoms with van der Waals surface area (Å²) in [5.41, 5.74) is 1.25. The van der Waals surface area contributed by atoms with Crippen LogP contribution in [0.2, 0.25) is 5.02 Å². The van der Waals surface area contributed by atoms with Gasteiger partial charge in [-0.3, -0.25) is 5.10 Å². The molecule has 1 N–H and O–H groups in total. The molecule has 0 unspecified atom stereocenters. The van der Waals surface area contributed by atoms with Gasteiger partial charge in [0.05, 0.1) is 0 Å². The van der Waals surface area contributed by atoms with Gasteiger partial charge in [-0.25, -0.2) is 4.98 Å². The van der Waals surface area contributed by atoms with Crippen LogP contribution in [0.4, 0.5) is 0 Å². The maximum atomic E-state index is 5.83. The third-order valence-electron chi connectivity index (χ3n) is 2.91. The Labute approximate surface area is 137 Å². The van der Waals surface area contributed by atoms with E-state index < -0.39 is 0 Å². The fourth-order valence-electron chi connectivity index (χ4n) is 1.81. The highest BCUT2D eigenvalue weighted by Crippen LogP contribution is 2.20. The van der Waals surface area contributed by atoms with Crippen LogP contribution < -0.4 is 4.74 Å². The third-order valence-corrected chi connectivity index (χ3v) is 4.08. The van der Waals surface area contributed by atoms with E-state index in [1.54, 1.807) is 23.9 Å². The Hall–Kier alpha value is -1.98. The van der Waals surface area contributed by atoms with Crippen molar-refractivity contribution in [1.29, 1.82) is 0 Å². The molecule has 2 aromatic carbocycles. The first kappa shape index (κ1) is 14.9. The molecule has 0 saturated heterocycles. The molecule has 0 fully saturated rings. The van der Waals surface area contributed by atoms with Crippen LogP contribution >= 0.6 is 23.4 Å². The molecule has 0 saturated carbocycles. The van der Waals surface area contributed by atoms with Gasteiger partial charge in [0.15, 0.2) is 5.82 Å². The molecule has 4 nitrogen and oxygen atoms in total. The molecule has 0 aliphatic heterocycles. The number of aromatic amines is 1. The van der Waals surface area contributed by atoms with Crippen molar-refractivity contribution in [3.63, 3.8) is 0 Å². The highest BCUT2D eigenvalue weighted by atomic mass is 35.5. The van der Waals surface area contributed by atoms with Gasteiger partial charge in [-0.2, -0.15) is 0 Å². The van der Waals surface area contributed by atoms with Gasteiger partial charge in [0.2, 0.25) is 5.16 Å². The Balaban J connectivity index is 1.51. The van der Waals surface area contributed by atoms with E-state index in [4.69, 9.17) is 16.3 Å². The standard InChI is InChI=1S/C16H14ClN3OS/c17-13-6-8-14(9-7-13)21-10-15-18-16(20-19-15)22-11-12-4-2-1-3-5-12/h1-9H,10-11H2,(H,18,19,20). The van der Waals surface area contributed by atoms with Crippen molar-refractivity contribution in [1.82, 2.24) is 15.2 Å². The minimum absolute atomic E-state index is 0.348. The lowest BCUT2D eigenvalue weighted by Crippen LogP contribution is -1.97. The minimum atomic E-state index is 0.348. The van der Waals surface area contributed by atoms with E-state index in [0.29, 0.717) is 17.5 Å². The summed E-state index contributed by atoms with van der Waals surface area (Å²) < 4.78 is 5.62. The van der Waals surface area contributed by atoms with E-state index >= 15 is 0 Å². The molecule has 0 aliphatic carbocycles. The predicted molar refractivity (Wildman–Crippen MR) is 88.2 cm³/mol. The minimum Gasteiger partial charge on any atom is -0.486 e. The molecule has 0 aliphatic rings. The smallest absolute Gasteiger partial charge is 0.208 e. The summed E-state index contributed by atoms with van der Waals surface area (Å²) in [6, 6.07) is 17.5. The number of thioether (sulfide) groups is 1. The van der Waals surface area contributed by atoms with Gasteiger partial charge in [0.25, 0.3) is 0 Å². The van der Waals surface area contributed by atoms with Crippen LogP contribution in [0.5, 0.6) is 5.75 Å². The maximum Gasteiger partial charge on any atom is 0.208 e. The quantitative estimate of drug-likeness (QED) is 0.683. The molecule has 6 heteroatoms. The van der Waals surface area contributed by atoms with Gasteiger partial charge < -0.3 is 4.74 Å². The third kappa shape index (κ3) is 4.26. The second kappa shape index (κ2) is 7.33. The van der Waals surface area contributed by atoms with Crippen molar-refractivity contribution >= 4 is 23.4 Å². The van der Waals surface area contributed by atoms with Gasteiger partial charge in [0, 0.05) is 10.8 Å². The summed E-state index contributed by atoms with van der Waals surface area (Å²) in [5, 5.41) is 8.48. The molecule has 1 aromatic heterocycles. The van der Waals surface area contributed by atoms with Crippen LogP contribution in [0.1, 0.15) is 11.4 Å². The van der Waals surface area contributed by atoms with E-state index in [1.165, 1.54) is 5.56 Å². The zero-order valence-electron chi connectivity index (χ0n) is 11.7. The number of hydrogen-bond donors (Lipinski definition) is 1. The number of aromatic nitrogens is 3. The normalized spacial score (nSPS) is 10.6. The summed E-state index contributed by atoms with van der Waals surface area (Å²) >= 11 is 7.42. The number of halogens is 1. The average Bonchev–Trinajstić information content (AvgIpc) is 3.01. The number of benzene rings is 2. The summed E-state index contributed by atoms with van der Waals surface area (Å²) in [6.07, 6.45) is 0. The Morgan fingerprint density at radius 3 is 2.59 bits per heavy atom. The van der Waals surface area contributed by atoms with Gasteiger partial charge in [-0.1, -0.05) is 53.7 Å². The van der Waals surface area contributed by atoms with Crippen LogP contribution in [0.3, 0.4) is 0 Å². The van der Waals surface area contributed by atoms with Crippen molar-refractivity contribution in [2.45, 2.75) is 17.5 Å². The lowest BCUT2D eigenvalue weighted by Gasteiger charge is -2.03. The largest absolute Gasteiger partial charge is 0.486 e. The first-order chi connectivity index (χ1) is 10.8. The monoisotopic (exact) mass is 331 g/mol. The number of rotatable bonds is 6. The van der Waals surface area contributed by atoms with Crippen molar-refractivity contribution in [2.75, 3.05) is 0 Å². The highest BCUT2D eigenvalue weighted by molar-refractivity contribution is 7.98. The highest BCUT2D eigenvalue weighted by Gasteiger charge is 2.05. The van der Waals surface area contributed by atoms with Crippen LogP contribution in [0, 0.1) is 0 Å². The fourth-order valence-corrected chi connectivity index (χ4v) is 2.71. The van der Waals surface area contributed by atoms with Crippen LogP contribution in [0.15, 0.2) is 59.8 Å².